The molecule has 0 unspecified atom stereocenters. The molecule has 0 aliphatic rings. The van der Waals surface area contributed by atoms with Crippen LogP contribution in [0.5, 0.6) is 11.5 Å². The molecule has 0 aromatic heterocycles. The minimum atomic E-state index is -3.84. The highest BCUT2D eigenvalue weighted by atomic mass is 32.2. The average Bonchev–Trinajstić information content (AvgIpc) is 2.56. The zero-order chi connectivity index (χ0) is 17.9. The van der Waals surface area contributed by atoms with Crippen molar-refractivity contribution in [3.05, 3.63) is 53.3 Å². The van der Waals surface area contributed by atoms with E-state index >= 15 is 0 Å². The number of rotatable bonds is 6. The van der Waals surface area contributed by atoms with Crippen molar-refractivity contribution in [1.29, 1.82) is 0 Å². The van der Waals surface area contributed by atoms with Crippen LogP contribution in [-0.2, 0) is 16.6 Å². The van der Waals surface area contributed by atoms with E-state index in [0.717, 1.165) is 10.4 Å². The Balaban J connectivity index is 2.38. The molecule has 130 valence electrons. The largest absolute Gasteiger partial charge is 0.497 e. The summed E-state index contributed by atoms with van der Waals surface area (Å²) in [5.74, 6) is 0.555. The number of hydrogen-bond acceptors (Lipinski definition) is 4. The summed E-state index contributed by atoms with van der Waals surface area (Å²) in [4.78, 5) is -0.0492. The number of methoxy groups -OCH3 is 2. The molecule has 0 aliphatic carbocycles. The standard InChI is InChI=1S/C17H20FNO4S/c1-12-5-6-14(18)10-17(12)24(20,21)19(2)11-13-9-15(22-3)7-8-16(13)23-4/h5-10H,11H2,1-4H3. The van der Waals surface area contributed by atoms with E-state index in [2.05, 4.69) is 0 Å². The van der Waals surface area contributed by atoms with Crippen LogP contribution in [0.3, 0.4) is 0 Å². The second-order valence-corrected chi connectivity index (χ2v) is 7.36. The summed E-state index contributed by atoms with van der Waals surface area (Å²) in [6, 6.07) is 8.87. The van der Waals surface area contributed by atoms with E-state index in [1.807, 2.05) is 0 Å². The molecular weight excluding hydrogens is 333 g/mol. The summed E-state index contributed by atoms with van der Waals surface area (Å²) in [5.41, 5.74) is 1.14. The molecule has 0 N–H and O–H groups in total. The highest BCUT2D eigenvalue weighted by Gasteiger charge is 2.24. The van der Waals surface area contributed by atoms with Crippen LogP contribution >= 0.6 is 0 Å². The zero-order valence-electron chi connectivity index (χ0n) is 14.0. The number of sulfonamides is 1. The fourth-order valence-corrected chi connectivity index (χ4v) is 3.73. The lowest BCUT2D eigenvalue weighted by atomic mass is 10.2. The highest BCUT2D eigenvalue weighted by Crippen LogP contribution is 2.27. The van der Waals surface area contributed by atoms with E-state index in [-0.39, 0.29) is 11.4 Å². The molecule has 0 aliphatic heterocycles. The SMILES string of the molecule is COc1ccc(OC)c(CN(C)S(=O)(=O)c2cc(F)ccc2C)c1. The number of halogens is 1. The maximum Gasteiger partial charge on any atom is 0.243 e. The Hall–Kier alpha value is -2.12. The van der Waals surface area contributed by atoms with Gasteiger partial charge < -0.3 is 9.47 Å². The molecule has 7 heteroatoms. The lowest BCUT2D eigenvalue weighted by molar-refractivity contribution is 0.389. The van der Waals surface area contributed by atoms with Crippen LogP contribution in [0.1, 0.15) is 11.1 Å². The van der Waals surface area contributed by atoms with E-state index < -0.39 is 15.8 Å². The minimum absolute atomic E-state index is 0.0492. The molecule has 0 amide bonds. The van der Waals surface area contributed by atoms with Crippen molar-refractivity contribution in [2.75, 3.05) is 21.3 Å². The smallest absolute Gasteiger partial charge is 0.243 e. The van der Waals surface area contributed by atoms with Crippen molar-refractivity contribution >= 4 is 10.0 Å². The van der Waals surface area contributed by atoms with Gasteiger partial charge in [-0.15, -0.1) is 0 Å². The van der Waals surface area contributed by atoms with Gasteiger partial charge in [-0.2, -0.15) is 4.31 Å². The van der Waals surface area contributed by atoms with Crippen LogP contribution in [0.2, 0.25) is 0 Å². The number of benzene rings is 2. The van der Waals surface area contributed by atoms with Crippen molar-refractivity contribution in [3.8, 4) is 11.5 Å². The molecular formula is C17H20FNO4S. The lowest BCUT2D eigenvalue weighted by Crippen LogP contribution is -2.27. The molecule has 0 saturated carbocycles. The maximum atomic E-state index is 13.5. The van der Waals surface area contributed by atoms with Gasteiger partial charge in [0.15, 0.2) is 0 Å². The monoisotopic (exact) mass is 353 g/mol. The second kappa shape index (κ2) is 7.19. The number of nitrogens with zero attached hydrogens (tertiary/aromatic N) is 1. The molecule has 2 aromatic carbocycles. The first-order valence-corrected chi connectivity index (χ1v) is 8.67. The van der Waals surface area contributed by atoms with E-state index in [1.54, 1.807) is 25.1 Å². The summed E-state index contributed by atoms with van der Waals surface area (Å²) >= 11 is 0. The van der Waals surface area contributed by atoms with Crippen LogP contribution in [0.4, 0.5) is 4.39 Å². The summed E-state index contributed by atoms with van der Waals surface area (Å²) in [6.07, 6.45) is 0. The van der Waals surface area contributed by atoms with E-state index in [1.165, 1.54) is 33.4 Å². The number of hydrogen-bond donors (Lipinski definition) is 0. The Kier molecular flexibility index (Phi) is 5.46. The summed E-state index contributed by atoms with van der Waals surface area (Å²) in [7, 11) is 0.645. The van der Waals surface area contributed by atoms with Crippen molar-refractivity contribution in [2.45, 2.75) is 18.4 Å². The maximum absolute atomic E-state index is 13.5. The molecule has 0 bridgehead atoms. The minimum Gasteiger partial charge on any atom is -0.497 e. The van der Waals surface area contributed by atoms with Gasteiger partial charge in [-0.25, -0.2) is 12.8 Å². The Labute approximate surface area is 141 Å². The van der Waals surface area contributed by atoms with Gasteiger partial charge in [0.25, 0.3) is 0 Å². The van der Waals surface area contributed by atoms with Crippen LogP contribution in [0.15, 0.2) is 41.3 Å². The summed E-state index contributed by atoms with van der Waals surface area (Å²) in [6.45, 7) is 1.70. The number of aryl methyl sites for hydroxylation is 1. The molecule has 2 rings (SSSR count). The average molecular weight is 353 g/mol. The lowest BCUT2D eigenvalue weighted by Gasteiger charge is -2.20. The second-order valence-electron chi connectivity index (χ2n) is 5.35. The van der Waals surface area contributed by atoms with Gasteiger partial charge in [0.2, 0.25) is 10.0 Å². The predicted octanol–water partition coefficient (Wildman–Crippen LogP) is 2.97. The van der Waals surface area contributed by atoms with Crippen LogP contribution in [0, 0.1) is 12.7 Å². The number of ether oxygens (including phenoxy) is 2. The first kappa shape index (κ1) is 18.2. The Morgan fingerprint density at radius 3 is 2.42 bits per heavy atom. The Morgan fingerprint density at radius 1 is 1.08 bits per heavy atom. The third-order valence-corrected chi connectivity index (χ3v) is 5.66. The Morgan fingerprint density at radius 2 is 1.79 bits per heavy atom. The summed E-state index contributed by atoms with van der Waals surface area (Å²) < 4.78 is 50.6. The van der Waals surface area contributed by atoms with Crippen LogP contribution in [0.25, 0.3) is 0 Å². The molecule has 0 saturated heterocycles. The van der Waals surface area contributed by atoms with Crippen molar-refractivity contribution < 1.29 is 22.3 Å². The Bertz CT molecular complexity index is 836. The van der Waals surface area contributed by atoms with E-state index in [4.69, 9.17) is 9.47 Å². The van der Waals surface area contributed by atoms with Crippen LogP contribution < -0.4 is 9.47 Å². The van der Waals surface area contributed by atoms with Gasteiger partial charge in [0.1, 0.15) is 17.3 Å². The van der Waals surface area contributed by atoms with Gasteiger partial charge in [-0.1, -0.05) is 6.07 Å². The fourth-order valence-electron chi connectivity index (χ4n) is 2.35. The van der Waals surface area contributed by atoms with Gasteiger partial charge in [-0.05, 0) is 42.8 Å². The van der Waals surface area contributed by atoms with Gasteiger partial charge in [0.05, 0.1) is 19.1 Å². The third kappa shape index (κ3) is 3.68. The highest BCUT2D eigenvalue weighted by molar-refractivity contribution is 7.89. The van der Waals surface area contributed by atoms with Crippen molar-refractivity contribution in [3.63, 3.8) is 0 Å². The summed E-state index contributed by atoms with van der Waals surface area (Å²) in [5, 5.41) is 0. The molecule has 2 aromatic rings. The van der Waals surface area contributed by atoms with Gasteiger partial charge in [-0.3, -0.25) is 0 Å². The zero-order valence-corrected chi connectivity index (χ0v) is 14.9. The van der Waals surface area contributed by atoms with E-state index in [0.29, 0.717) is 22.6 Å². The van der Waals surface area contributed by atoms with Crippen molar-refractivity contribution in [1.82, 2.24) is 4.31 Å². The van der Waals surface area contributed by atoms with Crippen molar-refractivity contribution in [2.24, 2.45) is 0 Å². The quantitative estimate of drug-likeness (QED) is 0.801. The van der Waals surface area contributed by atoms with Crippen LogP contribution in [-0.4, -0.2) is 34.0 Å². The molecule has 0 heterocycles. The molecule has 0 fully saturated rings. The third-order valence-electron chi connectivity index (χ3n) is 3.72. The van der Waals surface area contributed by atoms with Gasteiger partial charge in [0, 0.05) is 19.2 Å². The topological polar surface area (TPSA) is 55.8 Å². The normalized spacial score (nSPS) is 11.6. The fraction of sp³-hybridized carbons (Fsp3) is 0.294. The molecule has 0 spiro atoms. The van der Waals surface area contributed by atoms with Gasteiger partial charge >= 0.3 is 0 Å². The predicted molar refractivity (Wildman–Crippen MR) is 89.3 cm³/mol. The molecule has 0 atom stereocenters. The molecule has 5 nitrogen and oxygen atoms in total. The molecule has 0 radical (unpaired) electrons. The van der Waals surface area contributed by atoms with E-state index in [9.17, 15) is 12.8 Å². The first-order chi connectivity index (χ1) is 11.3. The first-order valence-electron chi connectivity index (χ1n) is 7.23. The molecule has 24 heavy (non-hydrogen) atoms.